The number of likely N-dealkylation sites (N-methyl/N-ethyl adjacent to an activating group) is 1. The maximum absolute atomic E-state index is 12.1. The molecule has 0 fully saturated rings. The van der Waals surface area contributed by atoms with E-state index in [1.54, 1.807) is 13.1 Å². The molecular formula is C17H27N3O2. The van der Waals surface area contributed by atoms with Gasteiger partial charge in [-0.25, -0.2) is 4.79 Å². The summed E-state index contributed by atoms with van der Waals surface area (Å²) in [5, 5.41) is 8.34. The summed E-state index contributed by atoms with van der Waals surface area (Å²) in [7, 11) is 1.60. The maximum Gasteiger partial charge on any atom is 0.319 e. The number of carbonyl (C=O) groups excluding carboxylic acids is 2. The Morgan fingerprint density at radius 2 is 1.77 bits per heavy atom. The molecule has 0 aromatic heterocycles. The van der Waals surface area contributed by atoms with Crippen LogP contribution in [0.4, 0.5) is 10.5 Å². The number of benzene rings is 1. The Morgan fingerprint density at radius 1 is 1.09 bits per heavy atom. The SMILES string of the molecule is CNC(=O)Cc1ccccc1NC(=O)NC(C)CCC(C)C. The minimum absolute atomic E-state index is 0.0834. The van der Waals surface area contributed by atoms with E-state index in [2.05, 4.69) is 29.8 Å². The van der Waals surface area contributed by atoms with Crippen LogP contribution in [0.25, 0.3) is 0 Å². The van der Waals surface area contributed by atoms with Gasteiger partial charge in [0.25, 0.3) is 0 Å². The van der Waals surface area contributed by atoms with Crippen LogP contribution in [0.1, 0.15) is 39.2 Å². The van der Waals surface area contributed by atoms with E-state index in [1.807, 2.05) is 25.1 Å². The number of hydrogen-bond donors (Lipinski definition) is 3. The number of urea groups is 1. The zero-order chi connectivity index (χ0) is 16.5. The average Bonchev–Trinajstić information content (AvgIpc) is 2.47. The van der Waals surface area contributed by atoms with E-state index >= 15 is 0 Å². The van der Waals surface area contributed by atoms with Crippen LogP contribution in [-0.4, -0.2) is 25.0 Å². The topological polar surface area (TPSA) is 70.2 Å². The first-order valence-corrected chi connectivity index (χ1v) is 7.78. The Labute approximate surface area is 132 Å². The second-order valence-corrected chi connectivity index (χ2v) is 5.98. The van der Waals surface area contributed by atoms with Gasteiger partial charge in [-0.1, -0.05) is 32.0 Å². The van der Waals surface area contributed by atoms with Gasteiger partial charge in [0, 0.05) is 18.8 Å². The van der Waals surface area contributed by atoms with Gasteiger partial charge in [-0.15, -0.1) is 0 Å². The summed E-state index contributed by atoms with van der Waals surface area (Å²) >= 11 is 0. The van der Waals surface area contributed by atoms with E-state index in [-0.39, 0.29) is 24.4 Å². The molecule has 0 heterocycles. The highest BCUT2D eigenvalue weighted by Crippen LogP contribution is 2.15. The summed E-state index contributed by atoms with van der Waals surface area (Å²) < 4.78 is 0. The largest absolute Gasteiger partial charge is 0.359 e. The first-order valence-electron chi connectivity index (χ1n) is 7.78. The normalized spacial score (nSPS) is 11.9. The fraction of sp³-hybridized carbons (Fsp3) is 0.529. The van der Waals surface area contributed by atoms with Crippen LogP contribution >= 0.6 is 0 Å². The molecule has 22 heavy (non-hydrogen) atoms. The number of carbonyl (C=O) groups is 2. The van der Waals surface area contributed by atoms with Gasteiger partial charge in [-0.2, -0.15) is 0 Å². The Kier molecular flexibility index (Phi) is 7.43. The molecule has 0 saturated heterocycles. The van der Waals surface area contributed by atoms with Crippen molar-refractivity contribution in [3.63, 3.8) is 0 Å². The van der Waals surface area contributed by atoms with Crippen molar-refractivity contribution in [2.24, 2.45) is 5.92 Å². The molecule has 1 aromatic rings. The molecule has 0 bridgehead atoms. The Morgan fingerprint density at radius 3 is 2.41 bits per heavy atom. The van der Waals surface area contributed by atoms with E-state index in [0.717, 1.165) is 18.4 Å². The number of nitrogens with one attached hydrogen (secondary N) is 3. The quantitative estimate of drug-likeness (QED) is 0.725. The molecule has 3 amide bonds. The predicted octanol–water partition coefficient (Wildman–Crippen LogP) is 2.92. The van der Waals surface area contributed by atoms with Crippen molar-refractivity contribution in [1.29, 1.82) is 0 Å². The van der Waals surface area contributed by atoms with Crippen molar-refractivity contribution in [3.05, 3.63) is 29.8 Å². The first-order chi connectivity index (χ1) is 10.4. The van der Waals surface area contributed by atoms with Crippen LogP contribution in [-0.2, 0) is 11.2 Å². The molecule has 0 aliphatic heterocycles. The van der Waals surface area contributed by atoms with Gasteiger partial charge in [0.2, 0.25) is 5.91 Å². The van der Waals surface area contributed by atoms with Crippen LogP contribution in [0.2, 0.25) is 0 Å². The zero-order valence-electron chi connectivity index (χ0n) is 13.9. The Bertz CT molecular complexity index is 500. The Hall–Kier alpha value is -2.04. The van der Waals surface area contributed by atoms with E-state index in [0.29, 0.717) is 11.6 Å². The lowest BCUT2D eigenvalue weighted by atomic mass is 10.0. The molecule has 5 nitrogen and oxygen atoms in total. The minimum Gasteiger partial charge on any atom is -0.359 e. The van der Waals surface area contributed by atoms with Crippen LogP contribution in [0.5, 0.6) is 0 Å². The summed E-state index contributed by atoms with van der Waals surface area (Å²) in [6.07, 6.45) is 2.27. The highest BCUT2D eigenvalue weighted by atomic mass is 16.2. The second-order valence-electron chi connectivity index (χ2n) is 5.98. The van der Waals surface area contributed by atoms with Gasteiger partial charge < -0.3 is 16.0 Å². The summed E-state index contributed by atoms with van der Waals surface area (Å²) in [6.45, 7) is 6.34. The molecule has 5 heteroatoms. The monoisotopic (exact) mass is 305 g/mol. The molecule has 1 aromatic carbocycles. The van der Waals surface area contributed by atoms with Crippen LogP contribution in [0, 0.1) is 5.92 Å². The number of rotatable bonds is 7. The fourth-order valence-corrected chi connectivity index (χ4v) is 2.10. The molecule has 0 radical (unpaired) electrons. The molecular weight excluding hydrogens is 278 g/mol. The third-order valence-corrected chi connectivity index (χ3v) is 3.45. The lowest BCUT2D eigenvalue weighted by Gasteiger charge is -2.17. The third kappa shape index (κ3) is 6.61. The van der Waals surface area contributed by atoms with Gasteiger partial charge in [0.15, 0.2) is 0 Å². The van der Waals surface area contributed by atoms with Gasteiger partial charge in [-0.05, 0) is 37.3 Å². The third-order valence-electron chi connectivity index (χ3n) is 3.45. The summed E-state index contributed by atoms with van der Waals surface area (Å²) in [5.41, 5.74) is 1.46. The summed E-state index contributed by atoms with van der Waals surface area (Å²) in [5.74, 6) is 0.542. The molecule has 0 aliphatic rings. The molecule has 3 N–H and O–H groups in total. The van der Waals surface area contributed by atoms with Crippen molar-refractivity contribution >= 4 is 17.6 Å². The molecule has 0 aliphatic carbocycles. The predicted molar refractivity (Wildman–Crippen MR) is 89.9 cm³/mol. The number of anilines is 1. The van der Waals surface area contributed by atoms with Crippen LogP contribution in [0.3, 0.4) is 0 Å². The van der Waals surface area contributed by atoms with Crippen molar-refractivity contribution < 1.29 is 9.59 Å². The zero-order valence-corrected chi connectivity index (χ0v) is 13.9. The number of para-hydroxylation sites is 1. The van der Waals surface area contributed by atoms with Gasteiger partial charge in [-0.3, -0.25) is 4.79 Å². The van der Waals surface area contributed by atoms with Crippen LogP contribution in [0.15, 0.2) is 24.3 Å². The standard InChI is InChI=1S/C17H27N3O2/c1-12(2)9-10-13(3)19-17(22)20-15-8-6-5-7-14(15)11-16(21)18-4/h5-8,12-13H,9-11H2,1-4H3,(H,18,21)(H2,19,20,22). The smallest absolute Gasteiger partial charge is 0.319 e. The highest BCUT2D eigenvalue weighted by molar-refractivity contribution is 5.91. The second kappa shape index (κ2) is 9.07. The van der Waals surface area contributed by atoms with Gasteiger partial charge in [0.05, 0.1) is 6.42 Å². The average molecular weight is 305 g/mol. The molecule has 1 rings (SSSR count). The van der Waals surface area contributed by atoms with Crippen molar-refractivity contribution in [2.75, 3.05) is 12.4 Å². The summed E-state index contributed by atoms with van der Waals surface area (Å²) in [4.78, 5) is 23.6. The lowest BCUT2D eigenvalue weighted by molar-refractivity contribution is -0.119. The Balaban J connectivity index is 2.58. The van der Waals surface area contributed by atoms with Gasteiger partial charge in [0.1, 0.15) is 0 Å². The molecule has 1 atom stereocenters. The number of hydrogen-bond acceptors (Lipinski definition) is 2. The highest BCUT2D eigenvalue weighted by Gasteiger charge is 2.11. The van der Waals surface area contributed by atoms with Crippen LogP contribution < -0.4 is 16.0 Å². The molecule has 0 spiro atoms. The van der Waals surface area contributed by atoms with Gasteiger partial charge >= 0.3 is 6.03 Å². The van der Waals surface area contributed by atoms with Crippen molar-refractivity contribution in [1.82, 2.24) is 10.6 Å². The number of amides is 3. The van der Waals surface area contributed by atoms with E-state index in [1.165, 1.54) is 0 Å². The summed E-state index contributed by atoms with van der Waals surface area (Å²) in [6, 6.07) is 7.22. The lowest BCUT2D eigenvalue weighted by Crippen LogP contribution is -2.36. The van der Waals surface area contributed by atoms with Crippen molar-refractivity contribution in [2.45, 2.75) is 46.1 Å². The van der Waals surface area contributed by atoms with E-state index in [9.17, 15) is 9.59 Å². The van der Waals surface area contributed by atoms with E-state index in [4.69, 9.17) is 0 Å². The molecule has 122 valence electrons. The molecule has 1 unspecified atom stereocenters. The first kappa shape index (κ1) is 18.0. The fourth-order valence-electron chi connectivity index (χ4n) is 2.10. The maximum atomic E-state index is 12.1. The molecule has 0 saturated carbocycles. The van der Waals surface area contributed by atoms with E-state index < -0.39 is 0 Å². The van der Waals surface area contributed by atoms with Crippen molar-refractivity contribution in [3.8, 4) is 0 Å². The minimum atomic E-state index is -0.236.